The van der Waals surface area contributed by atoms with Gasteiger partial charge in [0.05, 0.1) is 17.6 Å². The van der Waals surface area contributed by atoms with Crippen LogP contribution in [-0.4, -0.2) is 30.2 Å². The highest BCUT2D eigenvalue weighted by Gasteiger charge is 2.32. The Balaban J connectivity index is 2.49. The van der Waals surface area contributed by atoms with Crippen LogP contribution in [-0.2, 0) is 0 Å². The summed E-state index contributed by atoms with van der Waals surface area (Å²) in [6.45, 7) is 11.1. The Kier molecular flexibility index (Phi) is 3.03. The van der Waals surface area contributed by atoms with E-state index in [1.54, 1.807) is 0 Å². The average Bonchev–Trinajstić information content (AvgIpc) is 2.31. The third kappa shape index (κ3) is 1.55. The van der Waals surface area contributed by atoms with E-state index < -0.39 is 0 Å². The maximum atomic E-state index is 4.26. The molecule has 1 aromatic rings. The van der Waals surface area contributed by atoms with E-state index in [4.69, 9.17) is 0 Å². The fourth-order valence-corrected chi connectivity index (χ4v) is 2.72. The van der Waals surface area contributed by atoms with Gasteiger partial charge in [0.25, 0.3) is 0 Å². The second-order valence-corrected chi connectivity index (χ2v) is 4.42. The average molecular weight is 219 g/mol. The Morgan fingerprint density at radius 2 is 1.62 bits per heavy atom. The van der Waals surface area contributed by atoms with Gasteiger partial charge in [-0.25, -0.2) is 0 Å². The Hall–Kier alpha value is -1.25. The maximum absolute atomic E-state index is 4.26. The van der Waals surface area contributed by atoms with Gasteiger partial charge in [-0.3, -0.25) is 4.98 Å². The molecular formula is C13H21N3. The predicted octanol–water partition coefficient (Wildman–Crippen LogP) is 2.52. The topological polar surface area (TPSA) is 19.4 Å². The summed E-state index contributed by atoms with van der Waals surface area (Å²) in [6.07, 6.45) is 3.88. The van der Waals surface area contributed by atoms with Gasteiger partial charge < -0.3 is 9.80 Å². The molecule has 0 spiro atoms. The van der Waals surface area contributed by atoms with Crippen LogP contribution in [0.15, 0.2) is 18.5 Å². The first-order valence-electron chi connectivity index (χ1n) is 6.18. The molecule has 3 heteroatoms. The number of likely N-dealkylation sites (N-methyl/N-ethyl adjacent to an activating group) is 2. The highest BCUT2D eigenvalue weighted by molar-refractivity contribution is 5.73. The van der Waals surface area contributed by atoms with Gasteiger partial charge in [0.2, 0.25) is 0 Å². The van der Waals surface area contributed by atoms with E-state index >= 15 is 0 Å². The number of hydrogen-bond acceptors (Lipinski definition) is 3. The zero-order chi connectivity index (χ0) is 11.7. The van der Waals surface area contributed by atoms with Crippen molar-refractivity contribution in [2.45, 2.75) is 39.8 Å². The quantitative estimate of drug-likeness (QED) is 0.762. The minimum atomic E-state index is 0.543. The molecule has 2 unspecified atom stereocenters. The lowest BCUT2D eigenvalue weighted by atomic mass is 10.0. The summed E-state index contributed by atoms with van der Waals surface area (Å²) in [7, 11) is 0. The lowest BCUT2D eigenvalue weighted by molar-refractivity contribution is 0.495. The third-order valence-corrected chi connectivity index (χ3v) is 3.76. The summed E-state index contributed by atoms with van der Waals surface area (Å²) >= 11 is 0. The van der Waals surface area contributed by atoms with Crippen molar-refractivity contribution in [1.29, 1.82) is 0 Å². The highest BCUT2D eigenvalue weighted by atomic mass is 15.3. The Labute approximate surface area is 98.1 Å². The molecule has 0 saturated heterocycles. The number of rotatable bonds is 2. The maximum Gasteiger partial charge on any atom is 0.0793 e. The van der Waals surface area contributed by atoms with Crippen molar-refractivity contribution in [2.75, 3.05) is 22.9 Å². The monoisotopic (exact) mass is 219 g/mol. The molecule has 0 amide bonds. The number of aromatic nitrogens is 1. The van der Waals surface area contributed by atoms with Gasteiger partial charge in [-0.05, 0) is 33.8 Å². The van der Waals surface area contributed by atoms with E-state index in [1.165, 1.54) is 11.4 Å². The molecule has 1 aliphatic rings. The number of fused-ring (bicyclic) bond motifs is 1. The smallest absolute Gasteiger partial charge is 0.0793 e. The number of hydrogen-bond donors (Lipinski definition) is 0. The minimum Gasteiger partial charge on any atom is -0.365 e. The van der Waals surface area contributed by atoms with Crippen LogP contribution in [0.5, 0.6) is 0 Å². The Morgan fingerprint density at radius 1 is 1.06 bits per heavy atom. The van der Waals surface area contributed by atoms with Gasteiger partial charge in [-0.15, -0.1) is 0 Å². The Morgan fingerprint density at radius 3 is 2.19 bits per heavy atom. The molecule has 2 atom stereocenters. The summed E-state index contributed by atoms with van der Waals surface area (Å²) in [5.41, 5.74) is 2.60. The van der Waals surface area contributed by atoms with Crippen LogP contribution >= 0.6 is 0 Å². The Bertz CT molecular complexity index is 329. The molecule has 2 rings (SSSR count). The summed E-state index contributed by atoms with van der Waals surface area (Å²) in [5.74, 6) is 0. The van der Waals surface area contributed by atoms with Gasteiger partial charge in [0.15, 0.2) is 0 Å². The normalized spacial score (nSPS) is 24.5. The van der Waals surface area contributed by atoms with Crippen LogP contribution in [0.25, 0.3) is 0 Å². The van der Waals surface area contributed by atoms with Gasteiger partial charge in [-0.1, -0.05) is 0 Å². The van der Waals surface area contributed by atoms with Crippen LogP contribution in [0.3, 0.4) is 0 Å². The van der Waals surface area contributed by atoms with Gasteiger partial charge in [0, 0.05) is 31.4 Å². The molecule has 88 valence electrons. The fourth-order valence-electron chi connectivity index (χ4n) is 2.72. The van der Waals surface area contributed by atoms with E-state index in [0.717, 1.165) is 13.1 Å². The van der Waals surface area contributed by atoms with Crippen molar-refractivity contribution < 1.29 is 0 Å². The van der Waals surface area contributed by atoms with E-state index in [0.29, 0.717) is 12.1 Å². The van der Waals surface area contributed by atoms with E-state index in [9.17, 15) is 0 Å². The molecule has 0 saturated carbocycles. The lowest BCUT2D eigenvalue weighted by Crippen LogP contribution is -2.53. The third-order valence-electron chi connectivity index (χ3n) is 3.76. The van der Waals surface area contributed by atoms with Crippen molar-refractivity contribution in [2.24, 2.45) is 0 Å². The fraction of sp³-hybridized carbons (Fsp3) is 0.615. The molecule has 0 N–H and O–H groups in total. The lowest BCUT2D eigenvalue weighted by Gasteiger charge is -2.47. The zero-order valence-corrected chi connectivity index (χ0v) is 10.6. The van der Waals surface area contributed by atoms with E-state index in [1.807, 2.05) is 12.4 Å². The zero-order valence-electron chi connectivity index (χ0n) is 10.6. The number of nitrogens with zero attached hydrogens (tertiary/aromatic N) is 3. The predicted molar refractivity (Wildman–Crippen MR) is 69.2 cm³/mol. The number of pyridine rings is 1. The molecule has 0 fully saturated rings. The van der Waals surface area contributed by atoms with Crippen LogP contribution in [0.2, 0.25) is 0 Å². The first-order chi connectivity index (χ1) is 7.70. The summed E-state index contributed by atoms with van der Waals surface area (Å²) in [4.78, 5) is 9.17. The number of anilines is 2. The second kappa shape index (κ2) is 4.32. The van der Waals surface area contributed by atoms with Gasteiger partial charge >= 0.3 is 0 Å². The van der Waals surface area contributed by atoms with Crippen molar-refractivity contribution in [3.05, 3.63) is 18.5 Å². The van der Waals surface area contributed by atoms with Crippen LogP contribution in [0.4, 0.5) is 11.4 Å². The molecule has 0 radical (unpaired) electrons. The van der Waals surface area contributed by atoms with Gasteiger partial charge in [0.1, 0.15) is 0 Å². The van der Waals surface area contributed by atoms with Crippen molar-refractivity contribution in [3.63, 3.8) is 0 Å². The van der Waals surface area contributed by atoms with Crippen molar-refractivity contribution in [3.8, 4) is 0 Å². The first-order valence-corrected chi connectivity index (χ1v) is 6.18. The van der Waals surface area contributed by atoms with Crippen molar-refractivity contribution >= 4 is 11.4 Å². The summed E-state index contributed by atoms with van der Waals surface area (Å²) in [6, 6.07) is 3.23. The van der Waals surface area contributed by atoms with Crippen molar-refractivity contribution in [1.82, 2.24) is 4.98 Å². The van der Waals surface area contributed by atoms with Gasteiger partial charge in [-0.2, -0.15) is 0 Å². The van der Waals surface area contributed by atoms with E-state index in [-0.39, 0.29) is 0 Å². The molecule has 1 aliphatic heterocycles. The highest BCUT2D eigenvalue weighted by Crippen LogP contribution is 2.36. The van der Waals surface area contributed by atoms with Crippen LogP contribution in [0.1, 0.15) is 27.7 Å². The molecule has 2 heterocycles. The molecule has 0 bridgehead atoms. The SMILES string of the molecule is CCN1c2ccncc2N(CC)C(C)C1C. The first kappa shape index (κ1) is 11.2. The largest absolute Gasteiger partial charge is 0.365 e. The minimum absolute atomic E-state index is 0.543. The summed E-state index contributed by atoms with van der Waals surface area (Å²) in [5, 5.41) is 0. The standard InChI is InChI=1S/C13H21N3/c1-5-15-10(3)11(4)16(6-2)13-9-14-8-7-12(13)15/h7-11H,5-6H2,1-4H3. The van der Waals surface area contributed by atoms with E-state index in [2.05, 4.69) is 48.5 Å². The molecule has 0 aromatic carbocycles. The summed E-state index contributed by atoms with van der Waals surface area (Å²) < 4.78 is 0. The molecule has 1 aromatic heterocycles. The molecule has 3 nitrogen and oxygen atoms in total. The second-order valence-electron chi connectivity index (χ2n) is 4.42. The molecule has 0 aliphatic carbocycles. The van der Waals surface area contributed by atoms with Crippen LogP contribution in [0, 0.1) is 0 Å². The van der Waals surface area contributed by atoms with Crippen LogP contribution < -0.4 is 9.80 Å². The molecular weight excluding hydrogens is 198 g/mol. The molecule has 16 heavy (non-hydrogen) atoms.